The first-order valence-electron chi connectivity index (χ1n) is 9.97. The average molecular weight is 484 g/mol. The summed E-state index contributed by atoms with van der Waals surface area (Å²) in [6, 6.07) is 12.3. The Kier molecular flexibility index (Phi) is 7.60. The zero-order valence-corrected chi connectivity index (χ0v) is 19.4. The Morgan fingerprint density at radius 1 is 1.06 bits per heavy atom. The molecule has 1 N–H and O–H groups in total. The van der Waals surface area contributed by atoms with E-state index in [1.54, 1.807) is 31.4 Å². The van der Waals surface area contributed by atoms with E-state index in [2.05, 4.69) is 20.2 Å². The van der Waals surface area contributed by atoms with E-state index >= 15 is 0 Å². The van der Waals surface area contributed by atoms with Crippen LogP contribution in [0.4, 0.5) is 5.82 Å². The Morgan fingerprint density at radius 2 is 1.88 bits per heavy atom. The highest BCUT2D eigenvalue weighted by Gasteiger charge is 2.17. The minimum atomic E-state index is -0.403. The molecule has 0 unspecified atom stereocenters. The van der Waals surface area contributed by atoms with Crippen LogP contribution in [-0.4, -0.2) is 37.2 Å². The fourth-order valence-corrected chi connectivity index (χ4v) is 3.42. The van der Waals surface area contributed by atoms with Crippen LogP contribution in [0.5, 0.6) is 17.4 Å². The molecule has 0 fully saturated rings. The third-order valence-electron chi connectivity index (χ3n) is 4.53. The van der Waals surface area contributed by atoms with Crippen LogP contribution in [0.3, 0.4) is 0 Å². The number of rotatable bonds is 10. The van der Waals surface area contributed by atoms with Gasteiger partial charge in [0, 0.05) is 17.6 Å². The summed E-state index contributed by atoms with van der Waals surface area (Å²) in [4.78, 5) is 26.5. The maximum Gasteiger partial charge on any atom is 0.257 e. The molecule has 4 rings (SSSR count). The molecule has 0 spiro atoms. The van der Waals surface area contributed by atoms with Gasteiger partial charge < -0.3 is 23.9 Å². The third kappa shape index (κ3) is 5.64. The molecule has 11 heteroatoms. The molecule has 10 nitrogen and oxygen atoms in total. The SMILES string of the molecule is COCc1cc2c(Oc3ccc(SOOC)cc3)cc(C(=O)Nc3cnc(OC)cn3)cc2o1. The van der Waals surface area contributed by atoms with Gasteiger partial charge in [0.1, 0.15) is 29.4 Å². The van der Waals surface area contributed by atoms with Gasteiger partial charge >= 0.3 is 0 Å². The van der Waals surface area contributed by atoms with E-state index in [4.69, 9.17) is 23.0 Å². The van der Waals surface area contributed by atoms with Crippen molar-refractivity contribution >= 4 is 34.7 Å². The number of methoxy groups -OCH3 is 2. The van der Waals surface area contributed by atoms with Gasteiger partial charge in [-0.25, -0.2) is 14.9 Å². The summed E-state index contributed by atoms with van der Waals surface area (Å²) >= 11 is 1.08. The molecule has 0 bridgehead atoms. The molecule has 0 atom stereocenters. The van der Waals surface area contributed by atoms with E-state index in [0.29, 0.717) is 39.7 Å². The Labute approximate surface area is 199 Å². The largest absolute Gasteiger partial charge is 0.480 e. The highest BCUT2D eigenvalue weighted by molar-refractivity contribution is 7.94. The van der Waals surface area contributed by atoms with Gasteiger partial charge in [-0.05, 0) is 42.5 Å². The van der Waals surface area contributed by atoms with Gasteiger partial charge in [-0.1, -0.05) is 0 Å². The summed E-state index contributed by atoms with van der Waals surface area (Å²) in [5, 5.41) is 3.41. The van der Waals surface area contributed by atoms with Crippen LogP contribution < -0.4 is 14.8 Å². The molecule has 2 heterocycles. The van der Waals surface area contributed by atoms with Gasteiger partial charge in [-0.2, -0.15) is 4.33 Å². The lowest BCUT2D eigenvalue weighted by atomic mass is 10.1. The summed E-state index contributed by atoms with van der Waals surface area (Å²) in [6.07, 6.45) is 2.82. The number of ether oxygens (including phenoxy) is 3. The van der Waals surface area contributed by atoms with Gasteiger partial charge in [0.15, 0.2) is 5.82 Å². The molecule has 0 aliphatic rings. The maximum absolute atomic E-state index is 12.9. The lowest BCUT2D eigenvalue weighted by Crippen LogP contribution is -2.13. The molecule has 1 amide bonds. The molecule has 34 heavy (non-hydrogen) atoms. The van der Waals surface area contributed by atoms with Crippen molar-refractivity contribution in [1.82, 2.24) is 9.97 Å². The number of nitrogens with one attached hydrogen (secondary N) is 1. The second-order valence-electron chi connectivity index (χ2n) is 6.82. The quantitative estimate of drug-likeness (QED) is 0.188. The van der Waals surface area contributed by atoms with Crippen molar-refractivity contribution in [2.75, 3.05) is 26.6 Å². The normalized spacial score (nSPS) is 10.9. The molecule has 0 saturated heterocycles. The smallest absolute Gasteiger partial charge is 0.257 e. The number of benzene rings is 2. The number of hydrogen-bond donors (Lipinski definition) is 1. The zero-order chi connectivity index (χ0) is 23.9. The van der Waals surface area contributed by atoms with Crippen LogP contribution in [0.1, 0.15) is 16.1 Å². The number of nitrogens with zero attached hydrogens (tertiary/aromatic N) is 2. The first-order valence-corrected chi connectivity index (χ1v) is 10.7. The molecule has 0 aliphatic carbocycles. The van der Waals surface area contributed by atoms with E-state index in [1.165, 1.54) is 26.6 Å². The monoisotopic (exact) mass is 483 g/mol. The van der Waals surface area contributed by atoms with Crippen LogP contribution in [0.25, 0.3) is 11.0 Å². The van der Waals surface area contributed by atoms with E-state index in [1.807, 2.05) is 18.2 Å². The second kappa shape index (κ2) is 11.0. The number of carbonyl (C=O) groups is 1. The molecule has 2 aromatic heterocycles. The van der Waals surface area contributed by atoms with Gasteiger partial charge in [-0.15, -0.1) is 0 Å². The van der Waals surface area contributed by atoms with Crippen molar-refractivity contribution in [2.45, 2.75) is 11.5 Å². The Balaban J connectivity index is 1.63. The highest BCUT2D eigenvalue weighted by Crippen LogP contribution is 2.35. The van der Waals surface area contributed by atoms with Crippen LogP contribution in [-0.2, 0) is 20.6 Å². The van der Waals surface area contributed by atoms with Crippen molar-refractivity contribution in [3.63, 3.8) is 0 Å². The first-order chi connectivity index (χ1) is 16.6. The molecule has 0 radical (unpaired) electrons. The Bertz CT molecular complexity index is 1260. The maximum atomic E-state index is 12.9. The fourth-order valence-electron chi connectivity index (χ4n) is 3.03. The number of aromatic nitrogens is 2. The van der Waals surface area contributed by atoms with Gasteiger partial charge in [0.05, 0.1) is 44.0 Å². The van der Waals surface area contributed by atoms with E-state index in [-0.39, 0.29) is 12.4 Å². The van der Waals surface area contributed by atoms with Gasteiger partial charge in [-0.3, -0.25) is 4.79 Å². The summed E-state index contributed by atoms with van der Waals surface area (Å²) in [5.74, 6) is 1.83. The van der Waals surface area contributed by atoms with E-state index < -0.39 is 5.91 Å². The summed E-state index contributed by atoms with van der Waals surface area (Å²) in [7, 11) is 4.50. The Morgan fingerprint density at radius 3 is 2.56 bits per heavy atom. The number of anilines is 1. The molecule has 0 aliphatic heterocycles. The van der Waals surface area contributed by atoms with Crippen molar-refractivity contribution in [1.29, 1.82) is 0 Å². The molecule has 176 valence electrons. The highest BCUT2D eigenvalue weighted by atomic mass is 32.2. The summed E-state index contributed by atoms with van der Waals surface area (Å²) < 4.78 is 27.0. The van der Waals surface area contributed by atoms with E-state index in [9.17, 15) is 4.79 Å². The number of hydrogen-bond acceptors (Lipinski definition) is 10. The predicted octanol–water partition coefficient (Wildman–Crippen LogP) is 5.01. The van der Waals surface area contributed by atoms with Crippen LogP contribution in [0, 0.1) is 0 Å². The standard InChI is InChI=1S/C23H21N3O7S/c1-28-13-16-10-18-19(31-15-4-6-17(7-5-15)34-33-30-3)8-14(9-20(18)32-16)23(27)26-21-11-25-22(29-2)12-24-21/h4-12H,13H2,1-3H3,(H,24,26,27). The van der Waals surface area contributed by atoms with E-state index in [0.717, 1.165) is 16.9 Å². The first kappa shape index (κ1) is 23.5. The molecular weight excluding hydrogens is 462 g/mol. The minimum absolute atomic E-state index is 0.277. The van der Waals surface area contributed by atoms with Crippen molar-refractivity contribution in [3.05, 3.63) is 66.2 Å². The molecule has 0 saturated carbocycles. The fraction of sp³-hybridized carbons (Fsp3) is 0.174. The number of carbonyl (C=O) groups excluding carboxylic acids is 1. The molecule has 4 aromatic rings. The predicted molar refractivity (Wildman–Crippen MR) is 124 cm³/mol. The zero-order valence-electron chi connectivity index (χ0n) is 18.6. The second-order valence-corrected chi connectivity index (χ2v) is 7.60. The van der Waals surface area contributed by atoms with Gasteiger partial charge in [0.25, 0.3) is 5.91 Å². The molecular formula is C23H21N3O7S. The topological polar surface area (TPSA) is 114 Å². The van der Waals surface area contributed by atoms with Crippen molar-refractivity contribution in [3.8, 4) is 17.4 Å². The van der Waals surface area contributed by atoms with Crippen LogP contribution >= 0.6 is 12.0 Å². The van der Waals surface area contributed by atoms with Crippen LogP contribution in [0.2, 0.25) is 0 Å². The third-order valence-corrected chi connectivity index (χ3v) is 5.20. The minimum Gasteiger partial charge on any atom is -0.480 e. The summed E-state index contributed by atoms with van der Waals surface area (Å²) in [5.41, 5.74) is 0.801. The number of fused-ring (bicyclic) bond motifs is 1. The number of furan rings is 1. The molecule has 2 aromatic carbocycles. The lowest BCUT2D eigenvalue weighted by molar-refractivity contribution is -0.160. The summed E-state index contributed by atoms with van der Waals surface area (Å²) in [6.45, 7) is 0.280. The van der Waals surface area contributed by atoms with Crippen molar-refractivity contribution < 1.29 is 32.6 Å². The Hall–Kier alpha value is -3.64. The van der Waals surface area contributed by atoms with Gasteiger partial charge in [0.2, 0.25) is 5.88 Å². The van der Waals surface area contributed by atoms with Crippen molar-refractivity contribution in [2.24, 2.45) is 0 Å². The number of amides is 1. The lowest BCUT2D eigenvalue weighted by Gasteiger charge is -2.10. The average Bonchev–Trinajstić information content (AvgIpc) is 3.27. The van der Waals surface area contributed by atoms with Crippen LogP contribution in [0.15, 0.2) is 64.2 Å².